The molecule has 0 atom stereocenters. The molecule has 1 aromatic carbocycles. The molecule has 1 saturated carbocycles. The third kappa shape index (κ3) is 1.74. The first kappa shape index (κ1) is 9.86. The van der Waals surface area contributed by atoms with Crippen molar-refractivity contribution < 1.29 is 0 Å². The predicted molar refractivity (Wildman–Crippen MR) is 65.7 cm³/mol. The second-order valence-corrected chi connectivity index (χ2v) is 5.94. The van der Waals surface area contributed by atoms with Crippen molar-refractivity contribution in [1.29, 1.82) is 0 Å². The molecular formula is C13H16BrN. The van der Waals surface area contributed by atoms with Crippen LogP contribution < -0.4 is 0 Å². The molecule has 1 heterocycles. The van der Waals surface area contributed by atoms with Crippen LogP contribution in [0.5, 0.6) is 0 Å². The maximum atomic E-state index is 3.61. The molecule has 80 valence electrons. The SMILES string of the molecule is Brc1ccccc1CN1CC2(CCC2)C1. The monoisotopic (exact) mass is 265 g/mol. The first-order chi connectivity index (χ1) is 7.27. The minimum absolute atomic E-state index is 0.751. The smallest absolute Gasteiger partial charge is 0.0245 e. The van der Waals surface area contributed by atoms with Crippen LogP contribution in [0.4, 0.5) is 0 Å². The van der Waals surface area contributed by atoms with E-state index in [0.717, 1.165) is 12.0 Å². The lowest BCUT2D eigenvalue weighted by Gasteiger charge is -2.56. The molecule has 15 heavy (non-hydrogen) atoms. The zero-order valence-corrected chi connectivity index (χ0v) is 10.5. The Morgan fingerprint density at radius 2 is 1.93 bits per heavy atom. The Balaban J connectivity index is 1.61. The van der Waals surface area contributed by atoms with Crippen molar-refractivity contribution in [3.8, 4) is 0 Å². The number of likely N-dealkylation sites (tertiary alicyclic amines) is 1. The van der Waals surface area contributed by atoms with E-state index in [4.69, 9.17) is 0 Å². The van der Waals surface area contributed by atoms with Crippen LogP contribution in [0.25, 0.3) is 0 Å². The van der Waals surface area contributed by atoms with Crippen LogP contribution in [0.3, 0.4) is 0 Å². The lowest BCUT2D eigenvalue weighted by Crippen LogP contribution is -2.58. The Morgan fingerprint density at radius 1 is 1.20 bits per heavy atom. The molecule has 0 radical (unpaired) electrons. The number of hydrogen-bond acceptors (Lipinski definition) is 1. The fourth-order valence-electron chi connectivity index (χ4n) is 2.87. The minimum atomic E-state index is 0.751. The van der Waals surface area contributed by atoms with Gasteiger partial charge in [-0.25, -0.2) is 0 Å². The third-order valence-corrected chi connectivity index (χ3v) is 4.66. The largest absolute Gasteiger partial charge is 0.298 e. The summed E-state index contributed by atoms with van der Waals surface area (Å²) in [5.41, 5.74) is 2.17. The number of halogens is 1. The van der Waals surface area contributed by atoms with Crippen LogP contribution in [0.1, 0.15) is 24.8 Å². The van der Waals surface area contributed by atoms with Crippen LogP contribution >= 0.6 is 15.9 Å². The normalized spacial score (nSPS) is 23.5. The van der Waals surface area contributed by atoms with Gasteiger partial charge in [-0.2, -0.15) is 0 Å². The van der Waals surface area contributed by atoms with Gasteiger partial charge in [0.25, 0.3) is 0 Å². The molecule has 2 aliphatic rings. The molecule has 0 N–H and O–H groups in total. The quantitative estimate of drug-likeness (QED) is 0.792. The average molecular weight is 266 g/mol. The summed E-state index contributed by atoms with van der Waals surface area (Å²) in [7, 11) is 0. The fourth-order valence-corrected chi connectivity index (χ4v) is 3.28. The van der Waals surface area contributed by atoms with E-state index in [0.29, 0.717) is 0 Å². The molecule has 1 spiro atoms. The first-order valence-corrected chi connectivity index (χ1v) is 6.53. The van der Waals surface area contributed by atoms with Gasteiger partial charge < -0.3 is 0 Å². The maximum absolute atomic E-state index is 3.61. The minimum Gasteiger partial charge on any atom is -0.298 e. The molecule has 0 unspecified atom stereocenters. The molecule has 0 aromatic heterocycles. The molecule has 1 aliphatic heterocycles. The van der Waals surface area contributed by atoms with E-state index in [1.807, 2.05) is 0 Å². The van der Waals surface area contributed by atoms with Gasteiger partial charge in [0.1, 0.15) is 0 Å². The highest BCUT2D eigenvalue weighted by Gasteiger charge is 2.46. The van der Waals surface area contributed by atoms with E-state index in [1.165, 1.54) is 42.4 Å². The van der Waals surface area contributed by atoms with Gasteiger partial charge in [-0.05, 0) is 29.9 Å². The molecule has 1 aromatic rings. The summed E-state index contributed by atoms with van der Waals surface area (Å²) < 4.78 is 1.25. The molecular weight excluding hydrogens is 250 g/mol. The van der Waals surface area contributed by atoms with Crippen LogP contribution in [-0.2, 0) is 6.54 Å². The number of hydrogen-bond donors (Lipinski definition) is 0. The van der Waals surface area contributed by atoms with Crippen molar-refractivity contribution in [3.05, 3.63) is 34.3 Å². The van der Waals surface area contributed by atoms with Crippen LogP contribution in [0.15, 0.2) is 28.7 Å². The number of benzene rings is 1. The second kappa shape index (κ2) is 3.60. The zero-order chi connectivity index (χ0) is 10.3. The van der Waals surface area contributed by atoms with Crippen LogP contribution in [-0.4, -0.2) is 18.0 Å². The van der Waals surface area contributed by atoms with Crippen LogP contribution in [0, 0.1) is 5.41 Å². The molecule has 1 saturated heterocycles. The standard InChI is InChI=1S/C13H16BrN/c14-12-5-2-1-4-11(12)8-15-9-13(10-15)6-3-7-13/h1-2,4-5H,3,6-10H2. The third-order valence-electron chi connectivity index (χ3n) is 3.88. The van der Waals surface area contributed by atoms with Crippen molar-refractivity contribution in [1.82, 2.24) is 4.90 Å². The topological polar surface area (TPSA) is 3.24 Å². The molecule has 0 bridgehead atoms. The van der Waals surface area contributed by atoms with E-state index in [9.17, 15) is 0 Å². The summed E-state index contributed by atoms with van der Waals surface area (Å²) in [5.74, 6) is 0. The Hall–Kier alpha value is -0.340. The summed E-state index contributed by atoms with van der Waals surface area (Å²) >= 11 is 3.61. The first-order valence-electron chi connectivity index (χ1n) is 5.73. The summed E-state index contributed by atoms with van der Waals surface area (Å²) in [6, 6.07) is 8.56. The Kier molecular flexibility index (Phi) is 2.37. The van der Waals surface area contributed by atoms with Gasteiger partial charge in [0.2, 0.25) is 0 Å². The van der Waals surface area contributed by atoms with Crippen molar-refractivity contribution in [3.63, 3.8) is 0 Å². The highest BCUT2D eigenvalue weighted by Crippen LogP contribution is 2.48. The molecule has 1 aliphatic carbocycles. The Labute approximate surface area is 99.6 Å². The van der Waals surface area contributed by atoms with Gasteiger partial charge >= 0.3 is 0 Å². The van der Waals surface area contributed by atoms with Crippen molar-refractivity contribution >= 4 is 15.9 Å². The lowest BCUT2D eigenvalue weighted by molar-refractivity contribution is -0.0646. The van der Waals surface area contributed by atoms with E-state index >= 15 is 0 Å². The zero-order valence-electron chi connectivity index (χ0n) is 8.88. The van der Waals surface area contributed by atoms with Gasteiger partial charge in [-0.15, -0.1) is 0 Å². The summed E-state index contributed by atoms with van der Waals surface area (Å²) in [6.45, 7) is 3.77. The lowest BCUT2D eigenvalue weighted by atomic mass is 9.63. The highest BCUT2D eigenvalue weighted by atomic mass is 79.9. The number of nitrogens with zero attached hydrogens (tertiary/aromatic N) is 1. The second-order valence-electron chi connectivity index (χ2n) is 5.09. The summed E-state index contributed by atoms with van der Waals surface area (Å²) in [5, 5.41) is 0. The molecule has 2 heteroatoms. The predicted octanol–water partition coefficient (Wildman–Crippen LogP) is 3.44. The molecule has 0 amide bonds. The molecule has 3 rings (SSSR count). The molecule has 2 fully saturated rings. The van der Waals surface area contributed by atoms with Crippen molar-refractivity contribution in [2.75, 3.05) is 13.1 Å². The van der Waals surface area contributed by atoms with Gasteiger partial charge in [0.05, 0.1) is 0 Å². The highest BCUT2D eigenvalue weighted by molar-refractivity contribution is 9.10. The average Bonchev–Trinajstić information content (AvgIpc) is 2.10. The number of rotatable bonds is 2. The van der Waals surface area contributed by atoms with E-state index < -0.39 is 0 Å². The van der Waals surface area contributed by atoms with Crippen LogP contribution in [0.2, 0.25) is 0 Å². The summed E-state index contributed by atoms with van der Waals surface area (Å²) in [6.07, 6.45) is 4.40. The molecule has 1 nitrogen and oxygen atoms in total. The van der Waals surface area contributed by atoms with Crippen molar-refractivity contribution in [2.45, 2.75) is 25.8 Å². The summed E-state index contributed by atoms with van der Waals surface area (Å²) in [4.78, 5) is 2.57. The van der Waals surface area contributed by atoms with E-state index in [2.05, 4.69) is 45.1 Å². The van der Waals surface area contributed by atoms with Gasteiger partial charge in [0.15, 0.2) is 0 Å². The van der Waals surface area contributed by atoms with E-state index in [-0.39, 0.29) is 0 Å². The van der Waals surface area contributed by atoms with E-state index in [1.54, 1.807) is 0 Å². The van der Waals surface area contributed by atoms with Gasteiger partial charge in [-0.3, -0.25) is 4.90 Å². The van der Waals surface area contributed by atoms with Gasteiger partial charge in [-0.1, -0.05) is 40.5 Å². The van der Waals surface area contributed by atoms with Gasteiger partial charge in [0, 0.05) is 24.1 Å². The van der Waals surface area contributed by atoms with Crippen molar-refractivity contribution in [2.24, 2.45) is 5.41 Å². The Bertz CT molecular complexity index is 363. The maximum Gasteiger partial charge on any atom is 0.0245 e. The fraction of sp³-hybridized carbons (Fsp3) is 0.538. The Morgan fingerprint density at radius 3 is 2.53 bits per heavy atom.